The van der Waals surface area contributed by atoms with Crippen LogP contribution in [0, 0.1) is 6.92 Å². The zero-order valence-corrected chi connectivity index (χ0v) is 8.62. The molecule has 0 unspecified atom stereocenters. The molecule has 0 amide bonds. The molecule has 1 aromatic heterocycles. The van der Waals surface area contributed by atoms with Crippen LogP contribution in [0.1, 0.15) is 11.1 Å². The van der Waals surface area contributed by atoms with Crippen molar-refractivity contribution in [2.75, 3.05) is 11.1 Å². The molecule has 2 aromatic rings. The maximum atomic E-state index is 5.75. The van der Waals surface area contributed by atoms with E-state index in [1.165, 1.54) is 0 Å². The monoisotopic (exact) mass is 202 g/mol. The first-order chi connectivity index (χ1) is 7.24. The lowest BCUT2D eigenvalue weighted by Crippen LogP contribution is -1.99. The number of aromatic amines is 1. The fourth-order valence-corrected chi connectivity index (χ4v) is 1.49. The Labute approximate surface area is 88.5 Å². The van der Waals surface area contributed by atoms with Crippen LogP contribution in [-0.2, 0) is 6.54 Å². The number of hydrogen-bond acceptors (Lipinski definition) is 3. The number of nitrogens with zero attached hydrogens (tertiary/aromatic N) is 1. The minimum atomic E-state index is 0.749. The molecule has 0 spiro atoms. The molecule has 0 aliphatic rings. The van der Waals surface area contributed by atoms with E-state index < -0.39 is 0 Å². The van der Waals surface area contributed by atoms with Crippen LogP contribution in [0.2, 0.25) is 0 Å². The highest BCUT2D eigenvalue weighted by atomic mass is 15.1. The number of aryl methyl sites for hydroxylation is 1. The highest BCUT2D eigenvalue weighted by Gasteiger charge is 1.97. The molecule has 0 aliphatic carbocycles. The first-order valence-electron chi connectivity index (χ1n) is 4.83. The number of rotatable bonds is 3. The van der Waals surface area contributed by atoms with E-state index >= 15 is 0 Å². The molecule has 4 N–H and O–H groups in total. The van der Waals surface area contributed by atoms with Gasteiger partial charge in [-0.15, -0.1) is 0 Å². The van der Waals surface area contributed by atoms with Gasteiger partial charge in [-0.25, -0.2) is 0 Å². The maximum absolute atomic E-state index is 5.75. The highest BCUT2D eigenvalue weighted by Crippen LogP contribution is 2.16. The normalized spacial score (nSPS) is 10.2. The average Bonchev–Trinajstić information content (AvgIpc) is 2.65. The topological polar surface area (TPSA) is 66.7 Å². The summed E-state index contributed by atoms with van der Waals surface area (Å²) in [5.74, 6) is 0. The third-order valence-electron chi connectivity index (χ3n) is 2.15. The van der Waals surface area contributed by atoms with E-state index in [0.29, 0.717) is 0 Å². The molecule has 4 nitrogen and oxygen atoms in total. The summed E-state index contributed by atoms with van der Waals surface area (Å²) in [4.78, 5) is 0. The molecule has 0 radical (unpaired) electrons. The Morgan fingerprint density at radius 2 is 2.27 bits per heavy atom. The van der Waals surface area contributed by atoms with Gasteiger partial charge in [0.25, 0.3) is 0 Å². The lowest BCUT2D eigenvalue weighted by molar-refractivity contribution is 1.09. The molecule has 0 saturated carbocycles. The van der Waals surface area contributed by atoms with Gasteiger partial charge in [0.1, 0.15) is 0 Å². The second-order valence-corrected chi connectivity index (χ2v) is 3.59. The number of nitrogen functional groups attached to an aromatic ring is 1. The van der Waals surface area contributed by atoms with Crippen LogP contribution < -0.4 is 11.1 Å². The van der Waals surface area contributed by atoms with E-state index in [9.17, 15) is 0 Å². The van der Waals surface area contributed by atoms with Crippen LogP contribution in [0.3, 0.4) is 0 Å². The Bertz CT molecular complexity index is 414. The summed E-state index contributed by atoms with van der Waals surface area (Å²) in [6.07, 6.45) is 3.66. The molecule has 0 bridgehead atoms. The van der Waals surface area contributed by atoms with Crippen molar-refractivity contribution in [3.63, 3.8) is 0 Å². The molecule has 4 heteroatoms. The van der Waals surface area contributed by atoms with Gasteiger partial charge >= 0.3 is 0 Å². The van der Waals surface area contributed by atoms with Crippen LogP contribution in [0.15, 0.2) is 30.6 Å². The summed E-state index contributed by atoms with van der Waals surface area (Å²) in [5, 5.41) is 9.94. The fourth-order valence-electron chi connectivity index (χ4n) is 1.49. The average molecular weight is 202 g/mol. The van der Waals surface area contributed by atoms with Gasteiger partial charge in [-0.05, 0) is 30.7 Å². The molecule has 0 atom stereocenters. The second kappa shape index (κ2) is 4.04. The van der Waals surface area contributed by atoms with Crippen molar-refractivity contribution in [2.24, 2.45) is 0 Å². The molecular formula is C11H14N4. The van der Waals surface area contributed by atoms with Gasteiger partial charge in [0.2, 0.25) is 0 Å². The van der Waals surface area contributed by atoms with Gasteiger partial charge in [-0.1, -0.05) is 0 Å². The standard InChI is InChI=1S/C11H14N4/c1-8-2-10(12)4-11(3-8)13-5-9-6-14-15-7-9/h2-4,6-7,13H,5,12H2,1H3,(H,14,15). The molecule has 1 aromatic carbocycles. The second-order valence-electron chi connectivity index (χ2n) is 3.59. The largest absolute Gasteiger partial charge is 0.399 e. The quantitative estimate of drug-likeness (QED) is 0.666. The highest BCUT2D eigenvalue weighted by molar-refractivity contribution is 5.56. The molecule has 15 heavy (non-hydrogen) atoms. The summed E-state index contributed by atoms with van der Waals surface area (Å²) in [6.45, 7) is 2.78. The Balaban J connectivity index is 2.05. The lowest BCUT2D eigenvalue weighted by Gasteiger charge is -2.06. The van der Waals surface area contributed by atoms with Crippen LogP contribution in [0.25, 0.3) is 0 Å². The number of nitrogens with one attached hydrogen (secondary N) is 2. The number of nitrogens with two attached hydrogens (primary N) is 1. The predicted octanol–water partition coefficient (Wildman–Crippen LogP) is 1.91. The first-order valence-corrected chi connectivity index (χ1v) is 4.83. The summed E-state index contributed by atoms with van der Waals surface area (Å²) in [5.41, 5.74) is 9.85. The summed E-state index contributed by atoms with van der Waals surface area (Å²) < 4.78 is 0. The molecular weight excluding hydrogens is 188 g/mol. The van der Waals surface area contributed by atoms with Crippen LogP contribution >= 0.6 is 0 Å². The fraction of sp³-hybridized carbons (Fsp3) is 0.182. The predicted molar refractivity (Wildman–Crippen MR) is 61.5 cm³/mol. The number of hydrogen-bond donors (Lipinski definition) is 3. The SMILES string of the molecule is Cc1cc(N)cc(NCc2cn[nH]c2)c1. The Hall–Kier alpha value is -1.97. The van der Waals surface area contributed by atoms with Crippen LogP contribution in [0.5, 0.6) is 0 Å². The molecule has 1 heterocycles. The number of anilines is 2. The van der Waals surface area contributed by atoms with Crippen molar-refractivity contribution in [1.82, 2.24) is 10.2 Å². The van der Waals surface area contributed by atoms with E-state index in [-0.39, 0.29) is 0 Å². The molecule has 2 rings (SSSR count). The van der Waals surface area contributed by atoms with Crippen molar-refractivity contribution in [3.8, 4) is 0 Å². The van der Waals surface area contributed by atoms with Gasteiger partial charge in [-0.3, -0.25) is 5.10 Å². The Morgan fingerprint density at radius 1 is 1.40 bits per heavy atom. The smallest absolute Gasteiger partial charge is 0.0537 e. The first kappa shape index (κ1) is 9.58. The number of benzene rings is 1. The minimum Gasteiger partial charge on any atom is -0.399 e. The van der Waals surface area contributed by atoms with Gasteiger partial charge in [0.05, 0.1) is 6.20 Å². The van der Waals surface area contributed by atoms with Gasteiger partial charge in [0.15, 0.2) is 0 Å². The minimum absolute atomic E-state index is 0.749. The van der Waals surface area contributed by atoms with Crippen molar-refractivity contribution in [2.45, 2.75) is 13.5 Å². The van der Waals surface area contributed by atoms with Crippen molar-refractivity contribution < 1.29 is 0 Å². The van der Waals surface area contributed by atoms with Crippen molar-refractivity contribution >= 4 is 11.4 Å². The number of aromatic nitrogens is 2. The third kappa shape index (κ3) is 2.49. The number of H-pyrrole nitrogens is 1. The van der Waals surface area contributed by atoms with Crippen LogP contribution in [0.4, 0.5) is 11.4 Å². The summed E-state index contributed by atoms with van der Waals surface area (Å²) in [7, 11) is 0. The van der Waals surface area contributed by atoms with E-state index in [2.05, 4.69) is 21.6 Å². The van der Waals surface area contributed by atoms with Crippen LogP contribution in [-0.4, -0.2) is 10.2 Å². The van der Waals surface area contributed by atoms with Crippen molar-refractivity contribution in [3.05, 3.63) is 41.7 Å². The van der Waals surface area contributed by atoms with E-state index in [1.54, 1.807) is 6.20 Å². The maximum Gasteiger partial charge on any atom is 0.0537 e. The van der Waals surface area contributed by atoms with Gasteiger partial charge < -0.3 is 11.1 Å². The molecule has 0 fully saturated rings. The van der Waals surface area contributed by atoms with Gasteiger partial charge in [0, 0.05) is 29.7 Å². The van der Waals surface area contributed by atoms with E-state index in [4.69, 9.17) is 5.73 Å². The Morgan fingerprint density at radius 3 is 2.93 bits per heavy atom. The summed E-state index contributed by atoms with van der Waals surface area (Å²) in [6, 6.07) is 5.94. The van der Waals surface area contributed by atoms with E-state index in [0.717, 1.165) is 29.0 Å². The summed E-state index contributed by atoms with van der Waals surface area (Å²) >= 11 is 0. The lowest BCUT2D eigenvalue weighted by atomic mass is 10.2. The molecule has 0 saturated heterocycles. The zero-order valence-electron chi connectivity index (χ0n) is 8.62. The Kier molecular flexibility index (Phi) is 2.58. The van der Waals surface area contributed by atoms with E-state index in [1.807, 2.05) is 25.3 Å². The molecule has 78 valence electrons. The zero-order chi connectivity index (χ0) is 10.7. The van der Waals surface area contributed by atoms with Crippen molar-refractivity contribution in [1.29, 1.82) is 0 Å². The third-order valence-corrected chi connectivity index (χ3v) is 2.15. The molecule has 0 aliphatic heterocycles. The van der Waals surface area contributed by atoms with Gasteiger partial charge in [-0.2, -0.15) is 5.10 Å².